The van der Waals surface area contributed by atoms with Gasteiger partial charge in [-0.15, -0.1) is 0 Å². The van der Waals surface area contributed by atoms with Crippen molar-refractivity contribution in [2.24, 2.45) is 0 Å². The van der Waals surface area contributed by atoms with E-state index < -0.39 is 10.7 Å². The summed E-state index contributed by atoms with van der Waals surface area (Å²) < 4.78 is 1.62. The van der Waals surface area contributed by atoms with Crippen LogP contribution in [0.2, 0.25) is 5.02 Å². The van der Waals surface area contributed by atoms with Crippen LogP contribution < -0.4 is 15.0 Å². The summed E-state index contributed by atoms with van der Waals surface area (Å²) in [6, 6.07) is 13.5. The Kier molecular flexibility index (Phi) is 6.68. The van der Waals surface area contributed by atoms with Crippen LogP contribution in [0, 0.1) is 30.9 Å². The van der Waals surface area contributed by atoms with Crippen LogP contribution in [0.4, 0.5) is 11.4 Å². The molecule has 0 saturated carbocycles. The van der Waals surface area contributed by atoms with Crippen molar-refractivity contribution in [3.63, 3.8) is 0 Å². The summed E-state index contributed by atoms with van der Waals surface area (Å²) in [6.45, 7) is 5.37. The molecule has 1 aromatic heterocycles. The van der Waals surface area contributed by atoms with Gasteiger partial charge in [-0.3, -0.25) is 10.1 Å². The standard InChI is InChI=1S/C23H20ClN3O3S/c1-14-6-5-11-26(13-14)21(23(31)25-19-8-4-7-18(24)16(19)3)22(28)17-10-9-15(2)20(12-17)27(29)30/h4-13H,1-3H3,(H-,25,28,31). The monoisotopic (exact) mass is 453 g/mol. The SMILES string of the molecule is Cc1ccc[n+](/C(C(=S)Nc2cccc(Cl)c2C)=C(/[O-])c2ccc(C)c([N+](=O)[O-])c2)c1. The lowest BCUT2D eigenvalue weighted by molar-refractivity contribution is -0.578. The van der Waals surface area contributed by atoms with E-state index in [0.717, 1.165) is 11.1 Å². The number of nitro groups is 1. The van der Waals surface area contributed by atoms with Gasteiger partial charge in [0.2, 0.25) is 5.70 Å². The Morgan fingerprint density at radius 2 is 1.87 bits per heavy atom. The number of pyridine rings is 1. The molecule has 0 aliphatic carbocycles. The predicted octanol–water partition coefficient (Wildman–Crippen LogP) is 4.59. The van der Waals surface area contributed by atoms with Gasteiger partial charge in [-0.2, -0.15) is 4.57 Å². The molecule has 0 aliphatic heterocycles. The summed E-state index contributed by atoms with van der Waals surface area (Å²) in [5, 5.41) is 28.5. The van der Waals surface area contributed by atoms with Crippen LogP contribution in [0.1, 0.15) is 22.3 Å². The van der Waals surface area contributed by atoms with Gasteiger partial charge < -0.3 is 10.4 Å². The molecule has 0 amide bonds. The summed E-state index contributed by atoms with van der Waals surface area (Å²) in [6.07, 6.45) is 3.48. The molecule has 6 nitrogen and oxygen atoms in total. The molecule has 0 spiro atoms. The van der Waals surface area contributed by atoms with Gasteiger partial charge in [0.05, 0.1) is 4.92 Å². The average Bonchev–Trinajstić information content (AvgIpc) is 2.71. The highest BCUT2D eigenvalue weighted by molar-refractivity contribution is 7.81. The molecule has 8 heteroatoms. The molecule has 0 aliphatic rings. The summed E-state index contributed by atoms with van der Waals surface area (Å²) >= 11 is 11.8. The maximum absolute atomic E-state index is 13.5. The first kappa shape index (κ1) is 22.4. The maximum atomic E-state index is 13.5. The number of aryl methyl sites for hydroxylation is 2. The second-order valence-corrected chi connectivity index (χ2v) is 7.91. The summed E-state index contributed by atoms with van der Waals surface area (Å²) in [4.78, 5) is 11.0. The third-order valence-electron chi connectivity index (χ3n) is 4.82. The van der Waals surface area contributed by atoms with E-state index >= 15 is 0 Å². The molecule has 0 fully saturated rings. The van der Waals surface area contributed by atoms with E-state index in [1.165, 1.54) is 6.07 Å². The largest absolute Gasteiger partial charge is 0.867 e. The minimum Gasteiger partial charge on any atom is -0.867 e. The summed E-state index contributed by atoms with van der Waals surface area (Å²) in [7, 11) is 0. The molecule has 1 N–H and O–H groups in total. The topological polar surface area (TPSA) is 82.1 Å². The van der Waals surface area contributed by atoms with Crippen molar-refractivity contribution in [2.75, 3.05) is 5.32 Å². The van der Waals surface area contributed by atoms with Crippen molar-refractivity contribution < 1.29 is 14.6 Å². The van der Waals surface area contributed by atoms with Crippen molar-refractivity contribution in [1.82, 2.24) is 0 Å². The minimum atomic E-state index is -0.502. The van der Waals surface area contributed by atoms with E-state index in [4.69, 9.17) is 23.8 Å². The number of nitrogens with zero attached hydrogens (tertiary/aromatic N) is 2. The highest BCUT2D eigenvalue weighted by atomic mass is 35.5. The fourth-order valence-electron chi connectivity index (χ4n) is 3.08. The van der Waals surface area contributed by atoms with Crippen LogP contribution >= 0.6 is 23.8 Å². The van der Waals surface area contributed by atoms with Gasteiger partial charge >= 0.3 is 0 Å². The number of anilines is 1. The zero-order valence-electron chi connectivity index (χ0n) is 17.2. The number of thiocarbonyl (C=S) groups is 1. The van der Waals surface area contributed by atoms with Crippen molar-refractivity contribution in [1.29, 1.82) is 0 Å². The van der Waals surface area contributed by atoms with Crippen molar-refractivity contribution >= 4 is 51.6 Å². The van der Waals surface area contributed by atoms with Gasteiger partial charge in [-0.1, -0.05) is 42.0 Å². The molecule has 0 unspecified atom stereocenters. The molecule has 2 aromatic carbocycles. The summed E-state index contributed by atoms with van der Waals surface area (Å²) in [5.74, 6) is -0.434. The lowest BCUT2D eigenvalue weighted by Gasteiger charge is -2.18. The number of halogens is 1. The van der Waals surface area contributed by atoms with Crippen molar-refractivity contribution in [3.05, 3.63) is 98.3 Å². The Bertz CT molecular complexity index is 1220. The molecule has 0 radical (unpaired) electrons. The second-order valence-electron chi connectivity index (χ2n) is 7.09. The number of nitrogens with one attached hydrogen (secondary N) is 1. The van der Waals surface area contributed by atoms with Gasteiger partial charge in [0, 0.05) is 34.0 Å². The highest BCUT2D eigenvalue weighted by Gasteiger charge is 2.21. The van der Waals surface area contributed by atoms with E-state index in [1.54, 1.807) is 54.2 Å². The Hall–Kier alpha value is -3.29. The Morgan fingerprint density at radius 3 is 2.55 bits per heavy atom. The van der Waals surface area contributed by atoms with Crippen LogP contribution in [-0.4, -0.2) is 9.91 Å². The second kappa shape index (κ2) is 9.24. The van der Waals surface area contributed by atoms with Crippen molar-refractivity contribution in [2.45, 2.75) is 20.8 Å². The Morgan fingerprint density at radius 1 is 1.13 bits per heavy atom. The van der Waals surface area contributed by atoms with E-state index in [0.29, 0.717) is 16.3 Å². The van der Waals surface area contributed by atoms with Crippen LogP contribution in [0.15, 0.2) is 60.9 Å². The fourth-order valence-corrected chi connectivity index (χ4v) is 3.56. The van der Waals surface area contributed by atoms with Crippen LogP contribution in [0.3, 0.4) is 0 Å². The third-order valence-corrected chi connectivity index (χ3v) is 5.53. The van der Waals surface area contributed by atoms with Gasteiger partial charge in [-0.25, -0.2) is 0 Å². The number of nitro benzene ring substituents is 1. The molecule has 0 atom stereocenters. The minimum absolute atomic E-state index is 0.121. The first-order chi connectivity index (χ1) is 14.7. The highest BCUT2D eigenvalue weighted by Crippen LogP contribution is 2.26. The molecule has 0 saturated heterocycles. The zero-order chi connectivity index (χ0) is 22.7. The molecular formula is C23H20ClN3O3S. The maximum Gasteiger partial charge on any atom is 0.272 e. The molecule has 0 bridgehead atoms. The van der Waals surface area contributed by atoms with Crippen LogP contribution in [-0.2, 0) is 0 Å². The Labute approximate surface area is 190 Å². The van der Waals surface area contributed by atoms with Gasteiger partial charge in [0.15, 0.2) is 17.4 Å². The fraction of sp³-hybridized carbons (Fsp3) is 0.130. The zero-order valence-corrected chi connectivity index (χ0v) is 18.8. The first-order valence-electron chi connectivity index (χ1n) is 9.40. The first-order valence-corrected chi connectivity index (χ1v) is 10.2. The van der Waals surface area contributed by atoms with E-state index in [1.807, 2.05) is 26.0 Å². The number of rotatable bonds is 5. The normalized spacial score (nSPS) is 11.6. The van der Waals surface area contributed by atoms with E-state index in [9.17, 15) is 15.2 Å². The lowest BCUT2D eigenvalue weighted by atomic mass is 10.1. The van der Waals surface area contributed by atoms with E-state index in [2.05, 4.69) is 5.32 Å². The smallest absolute Gasteiger partial charge is 0.272 e. The van der Waals surface area contributed by atoms with Gasteiger partial charge in [0.25, 0.3) is 5.69 Å². The average molecular weight is 454 g/mol. The quantitative estimate of drug-likeness (QED) is 0.153. The molecule has 31 heavy (non-hydrogen) atoms. The third kappa shape index (κ3) is 4.90. The molecule has 158 valence electrons. The van der Waals surface area contributed by atoms with Gasteiger partial charge in [-0.05, 0) is 55.9 Å². The number of benzene rings is 2. The van der Waals surface area contributed by atoms with Crippen LogP contribution in [0.5, 0.6) is 0 Å². The molecule has 3 aromatic rings. The van der Waals surface area contributed by atoms with Crippen molar-refractivity contribution in [3.8, 4) is 0 Å². The number of hydrogen-bond donors (Lipinski definition) is 1. The number of hydrogen-bond acceptors (Lipinski definition) is 4. The van der Waals surface area contributed by atoms with Gasteiger partial charge in [0.1, 0.15) is 0 Å². The summed E-state index contributed by atoms with van der Waals surface area (Å²) in [5.41, 5.74) is 3.09. The lowest BCUT2D eigenvalue weighted by Crippen LogP contribution is -2.40. The molecule has 3 rings (SSSR count). The Balaban J connectivity index is 2.17. The number of aromatic nitrogens is 1. The van der Waals surface area contributed by atoms with E-state index in [-0.39, 0.29) is 21.9 Å². The predicted molar refractivity (Wildman–Crippen MR) is 125 cm³/mol. The molecular weight excluding hydrogens is 434 g/mol. The molecule has 1 heterocycles. The van der Waals surface area contributed by atoms with Crippen LogP contribution in [0.25, 0.3) is 11.5 Å².